The van der Waals surface area contributed by atoms with Crippen LogP contribution in [0.15, 0.2) is 18.2 Å². The van der Waals surface area contributed by atoms with E-state index in [1.54, 1.807) is 0 Å². The fourth-order valence-corrected chi connectivity index (χ4v) is 2.91. The topological polar surface area (TPSA) is 35.5 Å². The summed E-state index contributed by atoms with van der Waals surface area (Å²) < 4.78 is 38.9. The lowest BCUT2D eigenvalue weighted by Crippen LogP contribution is -2.45. The lowest BCUT2D eigenvalue weighted by Gasteiger charge is -2.36. The first-order valence-electron chi connectivity index (χ1n) is 7.64. The molecular weight excluding hydrogens is 364 g/mol. The summed E-state index contributed by atoms with van der Waals surface area (Å²) in [6.45, 7) is 7.25. The largest absolute Gasteiger partial charge is 0.508 e. The third kappa shape index (κ3) is 5.99. The molecule has 3 nitrogen and oxygen atoms in total. The van der Waals surface area contributed by atoms with Crippen molar-refractivity contribution in [3.63, 3.8) is 0 Å². The third-order valence-electron chi connectivity index (χ3n) is 4.00. The number of nitrogens with one attached hydrogen (secondary N) is 1. The molecule has 0 radical (unpaired) electrons. The number of piperazine rings is 1. The summed E-state index contributed by atoms with van der Waals surface area (Å²) in [5.74, 6) is 0.269. The van der Waals surface area contributed by atoms with Gasteiger partial charge in [-0.05, 0) is 30.5 Å². The van der Waals surface area contributed by atoms with Gasteiger partial charge in [-0.15, -0.1) is 24.8 Å². The number of aromatic hydroxyl groups is 1. The highest BCUT2D eigenvalue weighted by molar-refractivity contribution is 5.85. The number of phenolic OH excluding ortho intramolecular Hbond substituents is 1. The molecule has 0 spiro atoms. The Hall–Kier alpha value is -0.690. The van der Waals surface area contributed by atoms with E-state index >= 15 is 0 Å². The molecule has 1 aliphatic heterocycles. The zero-order valence-corrected chi connectivity index (χ0v) is 15.4. The fraction of sp³-hybridized carbons (Fsp3) is 0.625. The number of benzene rings is 1. The lowest BCUT2D eigenvalue weighted by molar-refractivity contribution is -0.137. The van der Waals surface area contributed by atoms with Gasteiger partial charge in [0.1, 0.15) is 5.75 Å². The number of halogens is 5. The van der Waals surface area contributed by atoms with Crippen LogP contribution >= 0.6 is 24.8 Å². The van der Waals surface area contributed by atoms with Gasteiger partial charge < -0.3 is 10.4 Å². The average Bonchev–Trinajstić information content (AvgIpc) is 2.45. The first kappa shape index (κ1) is 23.3. The van der Waals surface area contributed by atoms with Crippen LogP contribution in [0.5, 0.6) is 5.75 Å². The van der Waals surface area contributed by atoms with E-state index in [0.717, 1.165) is 50.8 Å². The van der Waals surface area contributed by atoms with Gasteiger partial charge in [-0.2, -0.15) is 13.2 Å². The van der Waals surface area contributed by atoms with Crippen LogP contribution in [0.4, 0.5) is 13.2 Å². The van der Waals surface area contributed by atoms with Crippen molar-refractivity contribution in [2.24, 2.45) is 5.92 Å². The van der Waals surface area contributed by atoms with Crippen molar-refractivity contribution in [2.45, 2.75) is 32.5 Å². The standard InChI is InChI=1S/C16H23F3N2O.2ClH/c1-11(2)9-14(21-7-5-20-6-8-21)13-10-12(16(17,18)19)3-4-15(13)22;;/h3-4,10-11,14,20,22H,5-9H2,1-2H3;2*1H/t14-;;/m1../s1. The number of hydrogen-bond acceptors (Lipinski definition) is 3. The molecule has 0 aliphatic carbocycles. The highest BCUT2D eigenvalue weighted by Gasteiger charge is 2.33. The summed E-state index contributed by atoms with van der Waals surface area (Å²) in [5, 5.41) is 13.3. The van der Waals surface area contributed by atoms with E-state index in [2.05, 4.69) is 10.2 Å². The average molecular weight is 389 g/mol. The molecule has 1 atom stereocenters. The predicted octanol–water partition coefficient (Wildman–Crippen LogP) is 4.25. The summed E-state index contributed by atoms with van der Waals surface area (Å²) in [5.41, 5.74) is -0.324. The Bertz CT molecular complexity index is 507. The number of alkyl halides is 3. The molecule has 2 N–H and O–H groups in total. The molecular formula is C16H25Cl2F3N2O. The Balaban J connectivity index is 0.00000264. The molecule has 2 rings (SSSR count). The van der Waals surface area contributed by atoms with Gasteiger partial charge in [-0.1, -0.05) is 13.8 Å². The van der Waals surface area contributed by atoms with Crippen molar-refractivity contribution in [3.05, 3.63) is 29.3 Å². The summed E-state index contributed by atoms with van der Waals surface area (Å²) >= 11 is 0. The van der Waals surface area contributed by atoms with E-state index in [-0.39, 0.29) is 36.6 Å². The predicted molar refractivity (Wildman–Crippen MR) is 94.2 cm³/mol. The van der Waals surface area contributed by atoms with Gasteiger partial charge in [0.25, 0.3) is 0 Å². The second-order valence-electron chi connectivity index (χ2n) is 6.20. The molecule has 0 aromatic heterocycles. The van der Waals surface area contributed by atoms with Crippen molar-refractivity contribution in [2.75, 3.05) is 26.2 Å². The number of phenols is 1. The second-order valence-corrected chi connectivity index (χ2v) is 6.20. The third-order valence-corrected chi connectivity index (χ3v) is 4.00. The zero-order chi connectivity index (χ0) is 16.3. The fourth-order valence-electron chi connectivity index (χ4n) is 2.91. The van der Waals surface area contributed by atoms with Crippen molar-refractivity contribution in [1.82, 2.24) is 10.2 Å². The van der Waals surface area contributed by atoms with Gasteiger partial charge in [0, 0.05) is 37.8 Å². The van der Waals surface area contributed by atoms with Crippen LogP contribution < -0.4 is 5.32 Å². The molecule has 1 fully saturated rings. The molecule has 140 valence electrons. The van der Waals surface area contributed by atoms with Gasteiger partial charge in [-0.3, -0.25) is 4.90 Å². The van der Waals surface area contributed by atoms with Crippen molar-refractivity contribution in [3.8, 4) is 5.75 Å². The summed E-state index contributed by atoms with van der Waals surface area (Å²) in [6.07, 6.45) is -3.68. The number of rotatable bonds is 4. The minimum absolute atomic E-state index is 0. The van der Waals surface area contributed by atoms with Crippen LogP contribution in [0.1, 0.15) is 37.4 Å². The first-order chi connectivity index (χ1) is 10.3. The van der Waals surface area contributed by atoms with E-state index in [0.29, 0.717) is 11.5 Å². The molecule has 1 aromatic carbocycles. The van der Waals surface area contributed by atoms with Gasteiger partial charge >= 0.3 is 6.18 Å². The summed E-state index contributed by atoms with van der Waals surface area (Å²) in [4.78, 5) is 2.16. The summed E-state index contributed by atoms with van der Waals surface area (Å²) in [6, 6.07) is 3.01. The summed E-state index contributed by atoms with van der Waals surface area (Å²) in [7, 11) is 0. The quantitative estimate of drug-likeness (QED) is 0.809. The molecule has 0 saturated carbocycles. The minimum Gasteiger partial charge on any atom is -0.508 e. The molecule has 1 heterocycles. The van der Waals surface area contributed by atoms with E-state index in [1.165, 1.54) is 0 Å². The Morgan fingerprint density at radius 3 is 2.25 bits per heavy atom. The van der Waals surface area contributed by atoms with Crippen LogP contribution in [0.3, 0.4) is 0 Å². The lowest BCUT2D eigenvalue weighted by atomic mass is 9.93. The van der Waals surface area contributed by atoms with Crippen LogP contribution in [-0.4, -0.2) is 36.2 Å². The molecule has 1 aromatic rings. The number of nitrogens with zero attached hydrogens (tertiary/aromatic N) is 1. The molecule has 0 amide bonds. The van der Waals surface area contributed by atoms with Crippen LogP contribution in [0.2, 0.25) is 0 Å². The highest BCUT2D eigenvalue weighted by atomic mass is 35.5. The van der Waals surface area contributed by atoms with Crippen LogP contribution in [0, 0.1) is 5.92 Å². The van der Waals surface area contributed by atoms with Gasteiger partial charge in [0.15, 0.2) is 0 Å². The maximum atomic E-state index is 13.0. The molecule has 8 heteroatoms. The Morgan fingerprint density at radius 2 is 1.75 bits per heavy atom. The van der Waals surface area contributed by atoms with Gasteiger partial charge in [0.2, 0.25) is 0 Å². The van der Waals surface area contributed by atoms with E-state index in [4.69, 9.17) is 0 Å². The van der Waals surface area contributed by atoms with Crippen molar-refractivity contribution >= 4 is 24.8 Å². The maximum Gasteiger partial charge on any atom is 0.416 e. The van der Waals surface area contributed by atoms with Crippen molar-refractivity contribution < 1.29 is 18.3 Å². The number of hydrogen-bond donors (Lipinski definition) is 2. The van der Waals surface area contributed by atoms with E-state index < -0.39 is 11.7 Å². The van der Waals surface area contributed by atoms with E-state index in [1.807, 2.05) is 13.8 Å². The molecule has 1 saturated heterocycles. The monoisotopic (exact) mass is 388 g/mol. The Morgan fingerprint density at radius 1 is 1.17 bits per heavy atom. The SMILES string of the molecule is CC(C)C[C@H](c1cc(C(F)(F)F)ccc1O)N1CCNCC1.Cl.Cl. The smallest absolute Gasteiger partial charge is 0.416 e. The Kier molecular flexibility index (Phi) is 9.43. The second kappa shape index (κ2) is 9.70. The molecule has 24 heavy (non-hydrogen) atoms. The van der Waals surface area contributed by atoms with Crippen LogP contribution in [-0.2, 0) is 6.18 Å². The van der Waals surface area contributed by atoms with Crippen LogP contribution in [0.25, 0.3) is 0 Å². The maximum absolute atomic E-state index is 13.0. The molecule has 0 bridgehead atoms. The molecule has 1 aliphatic rings. The normalized spacial score (nSPS) is 17.1. The minimum atomic E-state index is -4.39. The molecule has 0 unspecified atom stereocenters. The Labute approximate surface area is 153 Å². The highest BCUT2D eigenvalue weighted by Crippen LogP contribution is 2.38. The zero-order valence-electron chi connectivity index (χ0n) is 13.8. The first-order valence-corrected chi connectivity index (χ1v) is 7.64. The van der Waals surface area contributed by atoms with E-state index in [9.17, 15) is 18.3 Å². The van der Waals surface area contributed by atoms with Gasteiger partial charge in [-0.25, -0.2) is 0 Å². The van der Waals surface area contributed by atoms with Crippen molar-refractivity contribution in [1.29, 1.82) is 0 Å². The van der Waals surface area contributed by atoms with Gasteiger partial charge in [0.05, 0.1) is 5.56 Å².